The van der Waals surface area contributed by atoms with Crippen LogP contribution in [0.2, 0.25) is 0 Å². The molecule has 3 amide bonds. The van der Waals surface area contributed by atoms with Gasteiger partial charge >= 0.3 is 6.03 Å². The number of primary amides is 1. The average Bonchev–Trinajstić information content (AvgIpc) is 3.02. The maximum Gasteiger partial charge on any atom is 0.322 e. The monoisotopic (exact) mass is 736 g/mol. The molecule has 0 radical (unpaired) electrons. The molecule has 0 aliphatic heterocycles. The maximum absolute atomic E-state index is 14.3. The van der Waals surface area contributed by atoms with Gasteiger partial charge in [0.15, 0.2) is 11.4 Å². The number of rotatable bonds is 8. The molecule has 3 aliphatic rings. The number of phenolic OH excluding ortho intramolecular Hbond substituents is 1. The van der Waals surface area contributed by atoms with E-state index in [2.05, 4.69) is 5.32 Å². The molecule has 0 aromatic heterocycles. The minimum absolute atomic E-state index is 0. The topological polar surface area (TPSA) is 240 Å². The molecule has 0 unspecified atom stereocenters. The second kappa shape index (κ2) is 14.2. The molecule has 0 heterocycles. The van der Waals surface area contributed by atoms with Crippen molar-refractivity contribution >= 4 is 46.3 Å². The van der Waals surface area contributed by atoms with E-state index in [1.807, 2.05) is 20.8 Å². The van der Waals surface area contributed by atoms with Crippen molar-refractivity contribution < 1.29 is 44.5 Å². The summed E-state index contributed by atoms with van der Waals surface area (Å²) in [6.07, 6.45) is 0.0472. The highest BCUT2D eigenvalue weighted by Crippen LogP contribution is 2.54. The standard InChI is InChI=1S/C36H44N6O10.CH4/c1-35(2,3)16-41(34(49)38-19-8-10-20(11-9-19)42(51)52)15-18-14-23(39(4)5)21-12-17-13-22-27(40(6)7)30(45)26(33(37)48)32(47)36(22,50)31(46)24(17)29(44)25(21)28(18)43;/h8-11,14,17,22,27,43-44,47,50H,12-13,15-16H2,1-7H3,(H2,37,48)(H,38,49);1H4/t17-,22-,27-,36-;/m0./s1. The van der Waals surface area contributed by atoms with Crippen LogP contribution in [0.15, 0.2) is 47.2 Å². The lowest BCUT2D eigenvalue weighted by Crippen LogP contribution is -2.65. The van der Waals surface area contributed by atoms with Gasteiger partial charge in [0.05, 0.1) is 23.1 Å². The third-order valence-corrected chi connectivity index (χ3v) is 9.90. The summed E-state index contributed by atoms with van der Waals surface area (Å²) in [5, 5.41) is 60.6. The van der Waals surface area contributed by atoms with Crippen LogP contribution in [0.3, 0.4) is 0 Å². The van der Waals surface area contributed by atoms with Gasteiger partial charge in [-0.25, -0.2) is 4.79 Å². The van der Waals surface area contributed by atoms with Crippen molar-refractivity contribution in [1.82, 2.24) is 9.80 Å². The number of nitrogens with zero attached hydrogens (tertiary/aromatic N) is 4. The molecule has 1 fully saturated rings. The molecule has 53 heavy (non-hydrogen) atoms. The summed E-state index contributed by atoms with van der Waals surface area (Å²) in [5.41, 5.74) is 2.36. The van der Waals surface area contributed by atoms with Crippen LogP contribution in [0.5, 0.6) is 5.75 Å². The number of aliphatic hydroxyl groups excluding tert-OH is 2. The Morgan fingerprint density at radius 1 is 1.08 bits per heavy atom. The van der Waals surface area contributed by atoms with Gasteiger partial charge < -0.3 is 41.3 Å². The second-order valence-corrected chi connectivity index (χ2v) is 15.3. The lowest BCUT2D eigenvalue weighted by atomic mass is 9.57. The third-order valence-electron chi connectivity index (χ3n) is 9.90. The average molecular weight is 737 g/mol. The Hall–Kier alpha value is -5.48. The fraction of sp³-hybridized carbons (Fsp3) is 0.459. The molecule has 5 rings (SSSR count). The van der Waals surface area contributed by atoms with Crippen LogP contribution in [0.25, 0.3) is 5.76 Å². The molecule has 0 spiro atoms. The van der Waals surface area contributed by atoms with E-state index >= 15 is 0 Å². The first kappa shape index (κ1) is 40.3. The number of ketones is 2. The largest absolute Gasteiger partial charge is 0.508 e. The van der Waals surface area contributed by atoms with Crippen LogP contribution in [0.4, 0.5) is 21.9 Å². The van der Waals surface area contributed by atoms with E-state index in [1.54, 1.807) is 25.1 Å². The Balaban J connectivity index is 0.00000627. The molecule has 1 saturated carbocycles. The van der Waals surface area contributed by atoms with Crippen molar-refractivity contribution in [3.8, 4) is 5.75 Å². The fourth-order valence-corrected chi connectivity index (χ4v) is 7.71. The number of Topliss-reactive ketones (excluding diaryl/α,β-unsaturated/α-hetero) is 2. The van der Waals surface area contributed by atoms with E-state index < -0.39 is 80.2 Å². The molecule has 3 aliphatic carbocycles. The lowest BCUT2D eigenvalue weighted by Gasteiger charge is -2.50. The van der Waals surface area contributed by atoms with E-state index in [0.717, 1.165) is 0 Å². The minimum atomic E-state index is -2.78. The van der Waals surface area contributed by atoms with E-state index in [0.29, 0.717) is 16.9 Å². The zero-order valence-corrected chi connectivity index (χ0v) is 30.1. The van der Waals surface area contributed by atoms with Crippen LogP contribution >= 0.6 is 0 Å². The van der Waals surface area contributed by atoms with Crippen molar-refractivity contribution in [2.45, 2.75) is 59.2 Å². The van der Waals surface area contributed by atoms with Gasteiger partial charge in [-0.15, -0.1) is 0 Å². The quantitative estimate of drug-likeness (QED) is 0.129. The molecule has 0 bridgehead atoms. The van der Waals surface area contributed by atoms with Gasteiger partial charge in [0.1, 0.15) is 22.8 Å². The number of nitrogens with one attached hydrogen (secondary N) is 1. The highest BCUT2D eigenvalue weighted by atomic mass is 16.6. The van der Waals surface area contributed by atoms with E-state index in [1.165, 1.54) is 48.2 Å². The summed E-state index contributed by atoms with van der Waals surface area (Å²) in [6, 6.07) is 5.22. The number of nitrogens with two attached hydrogens (primary N) is 1. The molecular formula is C37H48N6O10. The van der Waals surface area contributed by atoms with Crippen LogP contribution in [-0.4, -0.2) is 105 Å². The number of fused-ring (bicyclic) bond motifs is 3. The predicted molar refractivity (Wildman–Crippen MR) is 197 cm³/mol. The number of nitro groups is 1. The van der Waals surface area contributed by atoms with Crippen molar-refractivity contribution in [3.05, 3.63) is 74.0 Å². The van der Waals surface area contributed by atoms with Crippen molar-refractivity contribution in [3.63, 3.8) is 0 Å². The number of aliphatic hydroxyl groups is 3. The molecule has 7 N–H and O–H groups in total. The number of phenols is 1. The SMILES string of the molecule is C.CN(C)c1cc(CN(CC(C)(C)C)C(=O)Nc2ccc([N+](=O)[O-])cc2)c(O)c2c1C[C@H]1C[C@H]3[C@H](N(C)C)C(=O)C(C(N)=O)=C(O)[C@@]3(O)C(=O)C1=C2O. The molecular weight excluding hydrogens is 688 g/mol. The van der Waals surface area contributed by atoms with Crippen molar-refractivity contribution in [2.24, 2.45) is 23.0 Å². The lowest BCUT2D eigenvalue weighted by molar-refractivity contribution is -0.384. The van der Waals surface area contributed by atoms with Gasteiger partial charge in [-0.2, -0.15) is 0 Å². The predicted octanol–water partition coefficient (Wildman–Crippen LogP) is 3.65. The number of urea groups is 1. The Morgan fingerprint density at radius 2 is 1.68 bits per heavy atom. The van der Waals surface area contributed by atoms with E-state index in [4.69, 9.17) is 5.73 Å². The van der Waals surface area contributed by atoms with Gasteiger partial charge in [-0.05, 0) is 62.0 Å². The zero-order valence-electron chi connectivity index (χ0n) is 30.1. The Kier molecular flexibility index (Phi) is 10.8. The molecule has 16 heteroatoms. The Labute approximate surface area is 307 Å². The summed E-state index contributed by atoms with van der Waals surface area (Å²) in [6.45, 7) is 5.76. The summed E-state index contributed by atoms with van der Waals surface area (Å²) >= 11 is 0. The van der Waals surface area contributed by atoms with Crippen LogP contribution < -0.4 is 16.0 Å². The first-order chi connectivity index (χ1) is 24.1. The third kappa shape index (κ3) is 6.91. The number of hydrogen-bond acceptors (Lipinski definition) is 12. The Bertz CT molecular complexity index is 1950. The number of hydrogen-bond donors (Lipinski definition) is 6. The zero-order chi connectivity index (χ0) is 38.8. The van der Waals surface area contributed by atoms with Crippen molar-refractivity contribution in [2.75, 3.05) is 45.0 Å². The molecule has 286 valence electrons. The van der Waals surface area contributed by atoms with Gasteiger partial charge in [0, 0.05) is 61.2 Å². The summed E-state index contributed by atoms with van der Waals surface area (Å²) in [7, 11) is 6.57. The number of benzene rings is 2. The summed E-state index contributed by atoms with van der Waals surface area (Å²) in [5.74, 6) is -7.47. The first-order valence-corrected chi connectivity index (χ1v) is 16.6. The van der Waals surface area contributed by atoms with E-state index in [-0.39, 0.29) is 55.7 Å². The number of carbonyl (C=O) groups excluding carboxylic acids is 4. The van der Waals surface area contributed by atoms with Crippen LogP contribution in [0, 0.1) is 27.4 Å². The molecule has 4 atom stereocenters. The maximum atomic E-state index is 14.3. The number of non-ortho nitro benzene ring substituents is 1. The molecule has 2 aromatic rings. The molecule has 0 saturated heterocycles. The Morgan fingerprint density at radius 3 is 2.19 bits per heavy atom. The van der Waals surface area contributed by atoms with Crippen LogP contribution in [0.1, 0.15) is 51.3 Å². The van der Waals surface area contributed by atoms with Gasteiger partial charge in [-0.1, -0.05) is 28.2 Å². The molecule has 16 nitrogen and oxygen atoms in total. The highest BCUT2D eigenvalue weighted by molar-refractivity contribution is 6.24. The fourth-order valence-electron chi connectivity index (χ4n) is 7.71. The first-order valence-electron chi connectivity index (χ1n) is 16.6. The van der Waals surface area contributed by atoms with Crippen molar-refractivity contribution in [1.29, 1.82) is 0 Å². The minimum Gasteiger partial charge on any atom is -0.508 e. The number of nitro benzene ring substituents is 1. The highest BCUT2D eigenvalue weighted by Gasteiger charge is 2.64. The number of aromatic hydroxyl groups is 1. The summed E-state index contributed by atoms with van der Waals surface area (Å²) in [4.78, 5) is 68.9. The van der Waals surface area contributed by atoms with Gasteiger partial charge in [0.25, 0.3) is 11.6 Å². The molecule has 2 aromatic carbocycles. The number of likely N-dealkylation sites (N-methyl/N-ethyl adjacent to an activating group) is 1. The van der Waals surface area contributed by atoms with Gasteiger partial charge in [0.2, 0.25) is 5.78 Å². The second-order valence-electron chi connectivity index (χ2n) is 15.3. The number of amides is 3. The summed E-state index contributed by atoms with van der Waals surface area (Å²) < 4.78 is 0. The van der Waals surface area contributed by atoms with E-state index in [9.17, 15) is 49.7 Å². The normalized spacial score (nSPS) is 22.4. The van der Waals surface area contributed by atoms with Crippen LogP contribution in [-0.2, 0) is 27.3 Å². The number of anilines is 2. The number of carbonyl (C=O) groups is 4. The van der Waals surface area contributed by atoms with Gasteiger partial charge in [-0.3, -0.25) is 29.4 Å². The smallest absolute Gasteiger partial charge is 0.322 e.